The number of nitrogens with one attached hydrogen (secondary N) is 1. The number of hydrogen-bond acceptors (Lipinski definition) is 2. The second-order valence-corrected chi connectivity index (χ2v) is 4.73. The van der Waals surface area contributed by atoms with E-state index in [9.17, 15) is 17.6 Å². The van der Waals surface area contributed by atoms with Crippen LogP contribution in [-0.2, 0) is 6.18 Å². The Balaban J connectivity index is 2.66. The van der Waals surface area contributed by atoms with Gasteiger partial charge in [0.1, 0.15) is 16.2 Å². The van der Waals surface area contributed by atoms with Crippen molar-refractivity contribution < 1.29 is 17.6 Å². The van der Waals surface area contributed by atoms with E-state index in [2.05, 4.69) is 9.97 Å². The van der Waals surface area contributed by atoms with Crippen LogP contribution in [0.25, 0.3) is 11.3 Å². The molecule has 106 valence electrons. The molecule has 1 aromatic heterocycles. The maximum atomic E-state index is 13.3. The van der Waals surface area contributed by atoms with Crippen LogP contribution < -0.4 is 0 Å². The molecule has 1 N–H and O–H groups in total. The van der Waals surface area contributed by atoms with Gasteiger partial charge < -0.3 is 4.98 Å². The summed E-state index contributed by atoms with van der Waals surface area (Å²) in [6.45, 7) is 3.46. The lowest BCUT2D eigenvalue weighted by Crippen LogP contribution is -2.08. The average molecular weight is 302 g/mol. The zero-order valence-corrected chi connectivity index (χ0v) is 11.4. The minimum absolute atomic E-state index is 0.128. The molecule has 0 spiro atoms. The van der Waals surface area contributed by atoms with E-state index in [-0.39, 0.29) is 15.9 Å². The zero-order valence-electron chi connectivity index (χ0n) is 10.6. The van der Waals surface area contributed by atoms with Gasteiger partial charge >= 0.3 is 6.18 Å². The number of benzene rings is 1. The van der Waals surface area contributed by atoms with Crippen LogP contribution in [0.1, 0.15) is 17.0 Å². The van der Waals surface area contributed by atoms with Crippen LogP contribution in [0.4, 0.5) is 17.6 Å². The third-order valence-corrected chi connectivity index (χ3v) is 3.18. The minimum Gasteiger partial charge on any atom is -0.347 e. The topological polar surface area (TPSA) is 28.7 Å². The van der Waals surface area contributed by atoms with E-state index < -0.39 is 17.6 Å². The van der Waals surface area contributed by atoms with Gasteiger partial charge in [0.2, 0.25) is 0 Å². The highest BCUT2D eigenvalue weighted by atomic mass is 32.1. The van der Waals surface area contributed by atoms with Crippen LogP contribution in [0.5, 0.6) is 0 Å². The highest BCUT2D eigenvalue weighted by molar-refractivity contribution is 7.71. The lowest BCUT2D eigenvalue weighted by atomic mass is 10.1. The van der Waals surface area contributed by atoms with Gasteiger partial charge in [-0.3, -0.25) is 0 Å². The molecular formula is C13H10F4N2S. The van der Waals surface area contributed by atoms with E-state index in [4.69, 9.17) is 12.2 Å². The quantitative estimate of drug-likeness (QED) is 0.617. The van der Waals surface area contributed by atoms with Gasteiger partial charge in [-0.05, 0) is 32.0 Å². The van der Waals surface area contributed by atoms with E-state index in [0.717, 1.165) is 17.8 Å². The first-order chi connectivity index (χ1) is 9.20. The number of hydrogen-bond donors (Lipinski definition) is 1. The fraction of sp³-hybridized carbons (Fsp3) is 0.231. The first-order valence-corrected chi connectivity index (χ1v) is 6.05. The van der Waals surface area contributed by atoms with Crippen molar-refractivity contribution in [3.63, 3.8) is 0 Å². The molecule has 0 amide bonds. The van der Waals surface area contributed by atoms with Crippen LogP contribution in [0.2, 0.25) is 0 Å². The number of aryl methyl sites for hydroxylation is 2. The van der Waals surface area contributed by atoms with Crippen LogP contribution in [0.15, 0.2) is 18.2 Å². The maximum Gasteiger partial charge on any atom is 0.419 e. The molecule has 7 heteroatoms. The monoisotopic (exact) mass is 302 g/mol. The summed E-state index contributed by atoms with van der Waals surface area (Å²) in [6, 6.07) is 2.71. The molecule has 0 unspecified atom stereocenters. The second kappa shape index (κ2) is 4.97. The van der Waals surface area contributed by atoms with Crippen molar-refractivity contribution in [3.05, 3.63) is 45.6 Å². The molecule has 0 saturated heterocycles. The number of aromatic nitrogens is 2. The predicted octanol–water partition coefficient (Wildman–Crippen LogP) is 4.58. The molecule has 1 heterocycles. The van der Waals surface area contributed by atoms with Gasteiger partial charge in [0.05, 0.1) is 11.3 Å². The lowest BCUT2D eigenvalue weighted by molar-refractivity contribution is -0.139. The van der Waals surface area contributed by atoms with Crippen LogP contribution in [-0.4, -0.2) is 9.97 Å². The fourth-order valence-electron chi connectivity index (χ4n) is 1.71. The third-order valence-electron chi connectivity index (χ3n) is 2.88. The Morgan fingerprint density at radius 3 is 2.45 bits per heavy atom. The summed E-state index contributed by atoms with van der Waals surface area (Å²) in [5, 5.41) is 0. The molecule has 0 bridgehead atoms. The number of aromatic amines is 1. The Kier molecular flexibility index (Phi) is 3.64. The summed E-state index contributed by atoms with van der Waals surface area (Å²) in [4.78, 5) is 7.03. The molecule has 2 nitrogen and oxygen atoms in total. The molecular weight excluding hydrogens is 292 g/mol. The maximum absolute atomic E-state index is 13.3. The van der Waals surface area contributed by atoms with Crippen LogP contribution in [0, 0.1) is 24.3 Å². The Hall–Kier alpha value is -1.76. The van der Waals surface area contributed by atoms with Crippen LogP contribution >= 0.6 is 12.2 Å². The van der Waals surface area contributed by atoms with E-state index >= 15 is 0 Å². The van der Waals surface area contributed by atoms with Gasteiger partial charge in [-0.1, -0.05) is 12.2 Å². The van der Waals surface area contributed by atoms with Crippen molar-refractivity contribution in [1.29, 1.82) is 0 Å². The van der Waals surface area contributed by atoms with Gasteiger partial charge in [-0.25, -0.2) is 9.37 Å². The Bertz CT molecular complexity index is 719. The standard InChI is InChI=1S/C13H10F4N2S/c1-6-7(2)19-12(20)11(18-6)8-3-4-10(14)9(5-8)13(15,16)17/h3-5H,1-2H3,(H,19,20). The molecule has 1 aromatic carbocycles. The van der Waals surface area contributed by atoms with Crippen molar-refractivity contribution in [3.8, 4) is 11.3 Å². The predicted molar refractivity (Wildman–Crippen MR) is 69.3 cm³/mol. The summed E-state index contributed by atoms with van der Waals surface area (Å²) in [7, 11) is 0. The summed E-state index contributed by atoms with van der Waals surface area (Å²) in [5.41, 5.74) is 0.351. The minimum atomic E-state index is -4.76. The molecule has 20 heavy (non-hydrogen) atoms. The zero-order chi connectivity index (χ0) is 15.1. The normalized spacial score (nSPS) is 11.7. The molecule has 0 atom stereocenters. The van der Waals surface area contributed by atoms with Gasteiger partial charge in [0.15, 0.2) is 0 Å². The number of nitrogens with zero attached hydrogens (tertiary/aromatic N) is 1. The highest BCUT2D eigenvalue weighted by Gasteiger charge is 2.34. The number of halogens is 4. The first kappa shape index (κ1) is 14.6. The largest absolute Gasteiger partial charge is 0.419 e. The van der Waals surface area contributed by atoms with Crippen molar-refractivity contribution in [2.75, 3.05) is 0 Å². The van der Waals surface area contributed by atoms with E-state index in [1.807, 2.05) is 0 Å². The van der Waals surface area contributed by atoms with Gasteiger partial charge in [0.25, 0.3) is 0 Å². The van der Waals surface area contributed by atoms with Crippen LogP contribution in [0.3, 0.4) is 0 Å². The average Bonchev–Trinajstić information content (AvgIpc) is 2.33. The van der Waals surface area contributed by atoms with Gasteiger partial charge in [-0.2, -0.15) is 13.2 Å². The number of alkyl halides is 3. The smallest absolute Gasteiger partial charge is 0.347 e. The number of rotatable bonds is 1. The molecule has 2 rings (SSSR count). The first-order valence-electron chi connectivity index (χ1n) is 5.65. The van der Waals surface area contributed by atoms with Crippen molar-refractivity contribution in [2.24, 2.45) is 0 Å². The van der Waals surface area contributed by atoms with Crippen molar-refractivity contribution >= 4 is 12.2 Å². The Labute approximate surface area is 117 Å². The summed E-state index contributed by atoms with van der Waals surface area (Å²) >= 11 is 5.06. The van der Waals surface area contributed by atoms with Gasteiger partial charge in [0, 0.05) is 11.3 Å². The van der Waals surface area contributed by atoms with Gasteiger partial charge in [-0.15, -0.1) is 0 Å². The molecule has 2 aromatic rings. The third kappa shape index (κ3) is 2.72. The Morgan fingerprint density at radius 2 is 1.85 bits per heavy atom. The number of H-pyrrole nitrogens is 1. The lowest BCUT2D eigenvalue weighted by Gasteiger charge is -2.11. The summed E-state index contributed by atoms with van der Waals surface area (Å²) < 4.78 is 51.5. The van der Waals surface area contributed by atoms with E-state index in [0.29, 0.717) is 5.69 Å². The van der Waals surface area contributed by atoms with E-state index in [1.165, 1.54) is 6.07 Å². The highest BCUT2D eigenvalue weighted by Crippen LogP contribution is 2.34. The SMILES string of the molecule is Cc1nc(-c2ccc(F)c(C(F)(F)F)c2)c(=S)[nH]c1C. The van der Waals surface area contributed by atoms with Crippen molar-refractivity contribution in [1.82, 2.24) is 9.97 Å². The molecule has 0 fully saturated rings. The molecule has 0 aliphatic heterocycles. The molecule has 0 aliphatic carbocycles. The van der Waals surface area contributed by atoms with Crippen molar-refractivity contribution in [2.45, 2.75) is 20.0 Å². The molecule has 0 saturated carbocycles. The Morgan fingerprint density at radius 1 is 1.20 bits per heavy atom. The molecule has 0 radical (unpaired) electrons. The van der Waals surface area contributed by atoms with E-state index in [1.54, 1.807) is 13.8 Å². The summed E-state index contributed by atoms with van der Waals surface area (Å²) in [5.74, 6) is -1.32. The second-order valence-electron chi connectivity index (χ2n) is 4.32. The fourth-order valence-corrected chi connectivity index (χ4v) is 2.02. The summed E-state index contributed by atoms with van der Waals surface area (Å²) in [6.07, 6.45) is -4.76. The molecule has 0 aliphatic rings.